The zero-order valence-corrected chi connectivity index (χ0v) is 15.3. The Morgan fingerprint density at radius 3 is 1.76 bits per heavy atom. The highest BCUT2D eigenvalue weighted by Crippen LogP contribution is 2.26. The fourth-order valence-corrected chi connectivity index (χ4v) is 2.23. The van der Waals surface area contributed by atoms with E-state index in [4.69, 9.17) is 0 Å². The molecule has 2 aromatic rings. The summed E-state index contributed by atoms with van der Waals surface area (Å²) in [6, 6.07) is 0. The van der Waals surface area contributed by atoms with Crippen molar-refractivity contribution in [2.75, 3.05) is 47.4 Å². The number of hydrogen-bond donors (Lipinski definition) is 5. The lowest BCUT2D eigenvalue weighted by molar-refractivity contribution is 0.208. The second-order valence-corrected chi connectivity index (χ2v) is 5.71. The van der Waals surface area contributed by atoms with E-state index in [1.54, 1.807) is 6.92 Å². The second-order valence-electron chi connectivity index (χ2n) is 5.71. The SMILES string of the molecule is CCCNc1nc(NCC)c2nc(NC[C@@H](C)O)nc(NCC)c2n1. The molecule has 0 spiro atoms. The van der Waals surface area contributed by atoms with Crippen LogP contribution in [-0.4, -0.2) is 57.3 Å². The van der Waals surface area contributed by atoms with Gasteiger partial charge in [-0.05, 0) is 27.2 Å². The van der Waals surface area contributed by atoms with Gasteiger partial charge in [0.2, 0.25) is 11.9 Å². The predicted molar refractivity (Wildman–Crippen MR) is 102 cm³/mol. The monoisotopic (exact) mass is 348 g/mol. The predicted octanol–water partition coefficient (Wildman–Crippen LogP) is 1.90. The van der Waals surface area contributed by atoms with Crippen molar-refractivity contribution < 1.29 is 5.11 Å². The van der Waals surface area contributed by atoms with E-state index < -0.39 is 6.10 Å². The molecule has 25 heavy (non-hydrogen) atoms. The number of aliphatic hydroxyl groups excluding tert-OH is 1. The molecule has 2 heterocycles. The fourth-order valence-electron chi connectivity index (χ4n) is 2.23. The van der Waals surface area contributed by atoms with Crippen molar-refractivity contribution in [3.63, 3.8) is 0 Å². The molecule has 0 aliphatic carbocycles. The van der Waals surface area contributed by atoms with Gasteiger partial charge in [-0.1, -0.05) is 6.92 Å². The van der Waals surface area contributed by atoms with Gasteiger partial charge in [0, 0.05) is 26.2 Å². The Kier molecular flexibility index (Phi) is 6.93. The van der Waals surface area contributed by atoms with Crippen LogP contribution in [0.2, 0.25) is 0 Å². The van der Waals surface area contributed by atoms with Crippen molar-refractivity contribution in [1.29, 1.82) is 0 Å². The van der Waals surface area contributed by atoms with Gasteiger partial charge in [0.1, 0.15) is 11.0 Å². The lowest BCUT2D eigenvalue weighted by Gasteiger charge is -2.14. The first-order valence-electron chi connectivity index (χ1n) is 8.82. The maximum Gasteiger partial charge on any atom is 0.225 e. The lowest BCUT2D eigenvalue weighted by atomic mass is 10.3. The summed E-state index contributed by atoms with van der Waals surface area (Å²) >= 11 is 0. The van der Waals surface area contributed by atoms with Crippen LogP contribution in [0.5, 0.6) is 0 Å². The van der Waals surface area contributed by atoms with E-state index in [-0.39, 0.29) is 0 Å². The van der Waals surface area contributed by atoms with Gasteiger partial charge in [-0.15, -0.1) is 0 Å². The van der Waals surface area contributed by atoms with Gasteiger partial charge in [0.25, 0.3) is 0 Å². The molecule has 5 N–H and O–H groups in total. The van der Waals surface area contributed by atoms with E-state index in [2.05, 4.69) is 48.1 Å². The summed E-state index contributed by atoms with van der Waals surface area (Å²) in [6.45, 7) is 10.4. The molecule has 0 saturated heterocycles. The van der Waals surface area contributed by atoms with E-state index in [0.29, 0.717) is 47.7 Å². The number of nitrogens with one attached hydrogen (secondary N) is 4. The summed E-state index contributed by atoms with van der Waals surface area (Å²) in [4.78, 5) is 18.2. The summed E-state index contributed by atoms with van der Waals surface area (Å²) in [5, 5.41) is 22.2. The molecule has 0 saturated carbocycles. The number of hydrogen-bond acceptors (Lipinski definition) is 9. The number of rotatable bonds is 10. The van der Waals surface area contributed by atoms with Crippen LogP contribution >= 0.6 is 0 Å². The second kappa shape index (κ2) is 9.16. The van der Waals surface area contributed by atoms with Crippen molar-refractivity contribution in [1.82, 2.24) is 19.9 Å². The minimum Gasteiger partial charge on any atom is -0.392 e. The first kappa shape index (κ1) is 18.9. The third-order valence-electron chi connectivity index (χ3n) is 3.32. The molecule has 0 amide bonds. The number of nitrogens with zero attached hydrogens (tertiary/aromatic N) is 4. The fraction of sp³-hybridized carbons (Fsp3) is 0.625. The molecule has 9 nitrogen and oxygen atoms in total. The van der Waals surface area contributed by atoms with E-state index in [9.17, 15) is 5.11 Å². The van der Waals surface area contributed by atoms with Crippen molar-refractivity contribution in [3.05, 3.63) is 0 Å². The number of fused-ring (bicyclic) bond motifs is 1. The number of aliphatic hydroxyl groups is 1. The lowest BCUT2D eigenvalue weighted by Crippen LogP contribution is -2.18. The number of aromatic nitrogens is 4. The molecular formula is C16H28N8O. The summed E-state index contributed by atoms with van der Waals surface area (Å²) in [5.74, 6) is 2.29. The summed E-state index contributed by atoms with van der Waals surface area (Å²) < 4.78 is 0. The molecule has 2 aromatic heterocycles. The highest BCUT2D eigenvalue weighted by Gasteiger charge is 2.15. The Morgan fingerprint density at radius 1 is 0.800 bits per heavy atom. The normalized spacial score (nSPS) is 12.0. The molecule has 2 rings (SSSR count). The quantitative estimate of drug-likeness (QED) is 0.438. The Morgan fingerprint density at radius 2 is 1.32 bits per heavy atom. The van der Waals surface area contributed by atoms with Gasteiger partial charge >= 0.3 is 0 Å². The largest absolute Gasteiger partial charge is 0.392 e. The highest BCUT2D eigenvalue weighted by molar-refractivity contribution is 5.94. The van der Waals surface area contributed by atoms with Crippen LogP contribution in [0.1, 0.15) is 34.1 Å². The van der Waals surface area contributed by atoms with E-state index in [1.807, 2.05) is 13.8 Å². The number of anilines is 4. The molecule has 1 atom stereocenters. The molecule has 0 unspecified atom stereocenters. The molecule has 0 aliphatic heterocycles. The average Bonchev–Trinajstić information content (AvgIpc) is 2.59. The third kappa shape index (κ3) is 5.02. The topological polar surface area (TPSA) is 120 Å². The van der Waals surface area contributed by atoms with Crippen LogP contribution in [0.4, 0.5) is 23.5 Å². The van der Waals surface area contributed by atoms with Gasteiger partial charge < -0.3 is 26.4 Å². The van der Waals surface area contributed by atoms with E-state index in [0.717, 1.165) is 19.5 Å². The van der Waals surface area contributed by atoms with Crippen molar-refractivity contribution in [2.24, 2.45) is 0 Å². The molecule has 138 valence electrons. The standard InChI is InChI=1S/C16H28N8O/c1-5-8-19-15-21-11-12(13(23-15)17-6-2)22-16(20-9-10(4)25)24-14(11)18-7-3/h10,25H,5-9H2,1-4H3,(H2,17,19,21,23)(H2,18,20,22,24)/t10-/m1/s1. The third-order valence-corrected chi connectivity index (χ3v) is 3.32. The van der Waals surface area contributed by atoms with Crippen LogP contribution in [-0.2, 0) is 0 Å². The smallest absolute Gasteiger partial charge is 0.225 e. The van der Waals surface area contributed by atoms with E-state index in [1.165, 1.54) is 0 Å². The zero-order valence-electron chi connectivity index (χ0n) is 15.3. The average molecular weight is 348 g/mol. The summed E-state index contributed by atoms with van der Waals surface area (Å²) in [7, 11) is 0. The van der Waals surface area contributed by atoms with E-state index >= 15 is 0 Å². The van der Waals surface area contributed by atoms with Crippen molar-refractivity contribution in [3.8, 4) is 0 Å². The van der Waals surface area contributed by atoms with Crippen molar-refractivity contribution >= 4 is 34.6 Å². The molecule has 9 heteroatoms. The van der Waals surface area contributed by atoms with Crippen LogP contribution in [0, 0.1) is 0 Å². The molecule has 0 bridgehead atoms. The molecule has 0 radical (unpaired) electrons. The summed E-state index contributed by atoms with van der Waals surface area (Å²) in [6.07, 6.45) is 0.489. The minimum atomic E-state index is -0.494. The van der Waals surface area contributed by atoms with Gasteiger partial charge in [0.15, 0.2) is 11.6 Å². The van der Waals surface area contributed by atoms with Gasteiger partial charge in [-0.3, -0.25) is 0 Å². The van der Waals surface area contributed by atoms with Crippen molar-refractivity contribution in [2.45, 2.75) is 40.2 Å². The molecule has 0 aromatic carbocycles. The maximum atomic E-state index is 9.48. The maximum absolute atomic E-state index is 9.48. The highest BCUT2D eigenvalue weighted by atomic mass is 16.3. The zero-order chi connectivity index (χ0) is 18.2. The van der Waals surface area contributed by atoms with Crippen LogP contribution in [0.15, 0.2) is 0 Å². The van der Waals surface area contributed by atoms with Gasteiger partial charge in [-0.25, -0.2) is 9.97 Å². The van der Waals surface area contributed by atoms with Crippen LogP contribution in [0.3, 0.4) is 0 Å². The molecule has 0 aliphatic rings. The van der Waals surface area contributed by atoms with Gasteiger partial charge in [0.05, 0.1) is 6.10 Å². The molecular weight excluding hydrogens is 320 g/mol. The first-order chi connectivity index (χ1) is 12.1. The summed E-state index contributed by atoms with van der Waals surface area (Å²) in [5.41, 5.74) is 1.30. The minimum absolute atomic E-state index is 0.366. The van der Waals surface area contributed by atoms with Crippen LogP contribution < -0.4 is 21.3 Å². The Hall–Kier alpha value is -2.42. The molecule has 0 fully saturated rings. The Balaban J connectivity index is 2.53. The van der Waals surface area contributed by atoms with Crippen LogP contribution in [0.25, 0.3) is 11.0 Å². The Labute approximate surface area is 148 Å². The Bertz CT molecular complexity index is 691. The first-order valence-corrected chi connectivity index (χ1v) is 8.82. The van der Waals surface area contributed by atoms with Gasteiger partial charge in [-0.2, -0.15) is 9.97 Å².